The van der Waals surface area contributed by atoms with E-state index in [1.165, 1.54) is 28.0 Å². The van der Waals surface area contributed by atoms with Crippen molar-refractivity contribution < 1.29 is 38.4 Å². The third kappa shape index (κ3) is 14.7. The van der Waals surface area contributed by atoms with Crippen molar-refractivity contribution in [3.63, 3.8) is 0 Å². The summed E-state index contributed by atoms with van der Waals surface area (Å²) in [5.74, 6) is -3.97. The van der Waals surface area contributed by atoms with E-state index < -0.39 is 77.4 Å². The second kappa shape index (κ2) is 27.1. The molecular weight excluding hydrogens is 1040 g/mol. The summed E-state index contributed by atoms with van der Waals surface area (Å²) < 4.78 is 0. The quantitative estimate of drug-likeness (QED) is 0.0879. The molecule has 19 nitrogen and oxygen atoms in total. The molecule has 7 rings (SSSR count). The minimum Gasteiger partial charge on any atom is -0.399 e. The number of fused-ring (bicyclic) bond motifs is 2. The summed E-state index contributed by atoms with van der Waals surface area (Å²) in [6.45, 7) is 12.4. The molecule has 8 amide bonds. The zero-order chi connectivity index (χ0) is 55.2. The van der Waals surface area contributed by atoms with Crippen molar-refractivity contribution in [3.05, 3.63) is 100 Å². The van der Waals surface area contributed by atoms with Gasteiger partial charge in [0.1, 0.15) is 24.2 Å². The number of benzene rings is 3. The van der Waals surface area contributed by atoms with Crippen LogP contribution in [0.4, 0.5) is 5.69 Å². The first kappa shape index (κ1) is 62.6. The Kier molecular flexibility index (Phi) is 21.7. The van der Waals surface area contributed by atoms with Crippen molar-refractivity contribution in [1.29, 1.82) is 0 Å². The van der Waals surface area contributed by atoms with Crippen LogP contribution in [-0.2, 0) is 41.6 Å². The zero-order valence-electron chi connectivity index (χ0n) is 46.3. The van der Waals surface area contributed by atoms with Gasteiger partial charge in [0.25, 0.3) is 11.8 Å². The molecule has 426 valence electrons. The van der Waals surface area contributed by atoms with Gasteiger partial charge in [-0.05, 0) is 131 Å². The Hall–Kier alpha value is -6.28. The van der Waals surface area contributed by atoms with Gasteiger partial charge in [0.05, 0.1) is 24.2 Å². The van der Waals surface area contributed by atoms with Gasteiger partial charge in [-0.2, -0.15) is 0 Å². The van der Waals surface area contributed by atoms with Crippen molar-refractivity contribution in [3.8, 4) is 0 Å². The predicted molar refractivity (Wildman–Crippen MR) is 304 cm³/mol. The van der Waals surface area contributed by atoms with E-state index in [4.69, 9.17) is 5.73 Å². The van der Waals surface area contributed by atoms with E-state index >= 15 is 0 Å². The summed E-state index contributed by atoms with van der Waals surface area (Å²) in [6.07, 6.45) is 5.12. The van der Waals surface area contributed by atoms with Gasteiger partial charge in [-0.1, -0.05) is 83.1 Å². The molecule has 0 radical (unpaired) electrons. The van der Waals surface area contributed by atoms with Gasteiger partial charge in [-0.15, -0.1) is 24.8 Å². The van der Waals surface area contributed by atoms with Gasteiger partial charge < -0.3 is 58.1 Å². The number of amides is 8. The van der Waals surface area contributed by atoms with Crippen LogP contribution in [0.15, 0.2) is 66.7 Å². The predicted octanol–water partition coefficient (Wildman–Crippen LogP) is 3.79. The molecule has 78 heavy (non-hydrogen) atoms. The van der Waals surface area contributed by atoms with Crippen LogP contribution in [0.1, 0.15) is 142 Å². The second-order valence-corrected chi connectivity index (χ2v) is 22.5. The third-order valence-electron chi connectivity index (χ3n) is 15.6. The molecular formula is C57H81Cl2N11O8. The number of anilines is 1. The fourth-order valence-corrected chi connectivity index (χ4v) is 11.0. The molecule has 2 aliphatic heterocycles. The first-order valence-electron chi connectivity index (χ1n) is 26.9. The van der Waals surface area contributed by atoms with E-state index in [1.807, 2.05) is 71.0 Å². The van der Waals surface area contributed by atoms with Gasteiger partial charge in [0.2, 0.25) is 35.4 Å². The number of rotatable bonds is 17. The largest absolute Gasteiger partial charge is 0.399 e. The van der Waals surface area contributed by atoms with E-state index in [9.17, 15) is 38.4 Å². The first-order valence-corrected chi connectivity index (χ1v) is 26.9. The highest BCUT2D eigenvalue weighted by Gasteiger charge is 2.47. The number of hydrogen-bond acceptors (Lipinski definition) is 11. The summed E-state index contributed by atoms with van der Waals surface area (Å²) in [4.78, 5) is 116. The molecule has 10 N–H and O–H groups in total. The number of nitrogen functional groups attached to an aromatic ring is 1. The highest BCUT2D eigenvalue weighted by molar-refractivity contribution is 6.02. The summed E-state index contributed by atoms with van der Waals surface area (Å²) in [5, 5.41) is 24.0. The lowest BCUT2D eigenvalue weighted by atomic mass is 9.85. The minimum absolute atomic E-state index is 0. The summed E-state index contributed by atoms with van der Waals surface area (Å²) >= 11 is 0. The molecule has 4 aliphatic rings. The zero-order valence-corrected chi connectivity index (χ0v) is 48.0. The molecule has 1 unspecified atom stereocenters. The molecule has 3 aromatic carbocycles. The molecule has 2 fully saturated rings. The van der Waals surface area contributed by atoms with Crippen molar-refractivity contribution in [2.24, 2.45) is 11.3 Å². The van der Waals surface area contributed by atoms with Crippen LogP contribution in [0.3, 0.4) is 0 Å². The topological polar surface area (TPSA) is 265 Å². The second-order valence-electron chi connectivity index (χ2n) is 22.5. The van der Waals surface area contributed by atoms with E-state index in [0.717, 1.165) is 60.8 Å². The highest BCUT2D eigenvalue weighted by Crippen LogP contribution is 2.33. The van der Waals surface area contributed by atoms with Crippen LogP contribution < -0.4 is 48.3 Å². The number of carbonyl (C=O) groups excluding carboxylic acids is 8. The minimum atomic E-state index is -1.01. The standard InChI is InChI=1S/C57H79N11O8.2ClH/c1-31(2)47(65-49(69)32(3)59-8)55(75)67-29-39(27-45(67)53(73)63-43-22-14-18-34-16-10-12-20-41(34)43)61-51(71)36-24-37(26-38(58)25-36)52(72)62-40-28-46(54(74)64-44-23-15-19-35-17-11-13-21-42(35)44)68(30-40)56(76)48(57(5,6)7)66-50(70)33(4)60-9;;/h10-13,16-17,20-21,24-26,31-33,39-40,43-48,59-60H,14-15,18-19,22-23,27-30,58H2,1-9H3,(H,61,71)(H,62,72)(H,63,73)(H,64,74)(H,65,69)(H,66,70);2*1H/t32-,33-,39-,40-,43+,44+,45?,46-,47+,48-;;/m0../s1. The Morgan fingerprint density at radius 3 is 1.44 bits per heavy atom. The molecule has 2 aliphatic carbocycles. The van der Waals surface area contributed by atoms with Crippen molar-refractivity contribution in [2.75, 3.05) is 32.9 Å². The lowest BCUT2D eigenvalue weighted by Crippen LogP contribution is -2.59. The lowest BCUT2D eigenvalue weighted by molar-refractivity contribution is -0.144. The van der Waals surface area contributed by atoms with Gasteiger partial charge in [-0.3, -0.25) is 38.4 Å². The first-order chi connectivity index (χ1) is 36.1. The molecule has 10 atom stereocenters. The van der Waals surface area contributed by atoms with Crippen molar-refractivity contribution in [1.82, 2.24) is 52.3 Å². The number of nitrogens with two attached hydrogens (primary N) is 1. The van der Waals surface area contributed by atoms with Crippen LogP contribution >= 0.6 is 24.8 Å². The fraction of sp³-hybridized carbons (Fsp3) is 0.544. The van der Waals surface area contributed by atoms with E-state index in [1.54, 1.807) is 27.9 Å². The van der Waals surface area contributed by atoms with Crippen molar-refractivity contribution in [2.45, 2.75) is 160 Å². The number of likely N-dealkylation sites (tertiary alicyclic amines) is 2. The fourth-order valence-electron chi connectivity index (χ4n) is 11.0. The van der Waals surface area contributed by atoms with Crippen LogP contribution in [-0.4, -0.2) is 133 Å². The molecule has 0 bridgehead atoms. The number of nitrogens with one attached hydrogen (secondary N) is 8. The normalized spacial score (nSPS) is 22.1. The van der Waals surface area contributed by atoms with Crippen LogP contribution in [0, 0.1) is 11.3 Å². The summed E-state index contributed by atoms with van der Waals surface area (Å²) in [7, 11) is 3.29. The number of hydrogen-bond donors (Lipinski definition) is 9. The third-order valence-corrected chi connectivity index (χ3v) is 15.6. The Morgan fingerprint density at radius 2 is 1.01 bits per heavy atom. The number of aryl methyl sites for hydroxylation is 2. The van der Waals surface area contributed by atoms with Crippen molar-refractivity contribution >= 4 is 77.8 Å². The molecule has 2 heterocycles. The molecule has 0 spiro atoms. The summed E-state index contributed by atoms with van der Waals surface area (Å²) in [5.41, 5.74) is 10.2. The van der Waals surface area contributed by atoms with E-state index in [0.29, 0.717) is 0 Å². The molecule has 0 saturated carbocycles. The van der Waals surface area contributed by atoms with Gasteiger partial charge in [-0.25, -0.2) is 0 Å². The lowest BCUT2D eigenvalue weighted by Gasteiger charge is -2.36. The van der Waals surface area contributed by atoms with Gasteiger partial charge in [0.15, 0.2) is 0 Å². The maximum Gasteiger partial charge on any atom is 0.251 e. The number of nitrogens with zero attached hydrogens (tertiary/aromatic N) is 2. The SMILES string of the molecule is CN[C@@H](C)C(=O)N[C@@H](C(=O)N1C[C@@H](NC(=O)c2cc(N)cc(C(=O)N[C@H]3C[C@@H](C(=O)N[C@@H]4CCCc5ccccc54)N(C(=O)[C@H](NC(=O)[C@H](C)NC)C(C)(C)C)C3)c2)CC1C(=O)N[C@@H]1CCCc2ccccc21)C(C)C.Cl.Cl. The van der Waals surface area contributed by atoms with E-state index in [2.05, 4.69) is 54.7 Å². The van der Waals surface area contributed by atoms with Crippen LogP contribution in [0.25, 0.3) is 0 Å². The molecule has 0 aromatic heterocycles. The molecule has 3 aromatic rings. The van der Waals surface area contributed by atoms with Crippen LogP contribution in [0.2, 0.25) is 0 Å². The molecule has 2 saturated heterocycles. The molecule has 21 heteroatoms. The number of halogens is 2. The number of likely N-dealkylation sites (N-methyl/N-ethyl adjacent to an activating group) is 2. The van der Waals surface area contributed by atoms with Gasteiger partial charge in [0, 0.05) is 42.0 Å². The maximum absolute atomic E-state index is 14.7. The average molecular weight is 1120 g/mol. The monoisotopic (exact) mass is 1120 g/mol. The average Bonchev–Trinajstić information content (AvgIpc) is 4.09. The smallest absolute Gasteiger partial charge is 0.251 e. The van der Waals surface area contributed by atoms with E-state index in [-0.39, 0.29) is 109 Å². The van der Waals surface area contributed by atoms with Crippen LogP contribution in [0.5, 0.6) is 0 Å². The Morgan fingerprint density at radius 1 is 0.590 bits per heavy atom. The highest BCUT2D eigenvalue weighted by atomic mass is 35.5. The Bertz CT molecular complexity index is 2680. The Balaban J connectivity index is 0.00000560. The summed E-state index contributed by atoms with van der Waals surface area (Å²) in [6, 6.07) is 13.1. The Labute approximate surface area is 471 Å². The maximum atomic E-state index is 14.7. The van der Waals surface area contributed by atoms with Gasteiger partial charge >= 0.3 is 0 Å². The number of carbonyl (C=O) groups is 8.